The molecule has 1 aliphatic rings. The fraction of sp³-hybridized carbons (Fsp3) is 0.708. The molecule has 212 valence electrons. The lowest BCUT2D eigenvalue weighted by molar-refractivity contribution is -0.118. The number of thioether (sulfide) groups is 2. The van der Waals surface area contributed by atoms with E-state index in [2.05, 4.69) is 15.0 Å². The van der Waals surface area contributed by atoms with Gasteiger partial charge in [0.25, 0.3) is 0 Å². The highest BCUT2D eigenvalue weighted by atomic mass is 32.2. The molecule has 0 bridgehead atoms. The third kappa shape index (κ3) is 8.50. The van der Waals surface area contributed by atoms with Gasteiger partial charge in [-0.2, -0.15) is 0 Å². The predicted molar refractivity (Wildman–Crippen MR) is 151 cm³/mol. The summed E-state index contributed by atoms with van der Waals surface area (Å²) in [6.45, 7) is 11.7. The number of hydrogen-bond donors (Lipinski definition) is 1. The average molecular weight is 588 g/mol. The van der Waals surface area contributed by atoms with Crippen LogP contribution < -0.4 is 5.73 Å². The predicted octanol–water partition coefficient (Wildman–Crippen LogP) is 4.58. The summed E-state index contributed by atoms with van der Waals surface area (Å²) in [7, 11) is -3.57. The molecule has 1 fully saturated rings. The van der Waals surface area contributed by atoms with E-state index < -0.39 is 18.4 Å². The minimum Gasteiger partial charge on any atom is -0.382 e. The summed E-state index contributed by atoms with van der Waals surface area (Å²) in [5.41, 5.74) is 6.10. The summed E-state index contributed by atoms with van der Waals surface area (Å²) < 4.78 is 33.1. The molecule has 0 aromatic carbocycles. The topological polar surface area (TPSA) is 149 Å². The second-order valence-electron chi connectivity index (χ2n) is 11.2. The van der Waals surface area contributed by atoms with Gasteiger partial charge in [0.15, 0.2) is 21.7 Å². The normalized spacial score (nSPS) is 18.8. The number of hydrogen-bond acceptors (Lipinski definition) is 12. The van der Waals surface area contributed by atoms with Crippen molar-refractivity contribution in [2.75, 3.05) is 43.2 Å². The molecule has 0 radical (unpaired) electrons. The fourth-order valence-electron chi connectivity index (χ4n) is 3.59. The van der Waals surface area contributed by atoms with E-state index in [0.29, 0.717) is 41.5 Å². The third-order valence-electron chi connectivity index (χ3n) is 5.70. The van der Waals surface area contributed by atoms with Crippen LogP contribution in [0.5, 0.6) is 0 Å². The molecule has 2 aromatic heterocycles. The Morgan fingerprint density at radius 1 is 1.05 bits per heavy atom. The number of imidazole rings is 1. The molecule has 3 heterocycles. The van der Waals surface area contributed by atoms with Crippen LogP contribution in [0, 0.1) is 10.8 Å². The molecule has 1 saturated heterocycles. The Balaban J connectivity index is 1.61. The molecule has 0 unspecified atom stereocenters. The standard InChI is InChI=1S/C24H38N5O6PS2/c1-23(2,3)21(30)37-9-7-34-36(32,35-8-10-38-22(31)24(4,5)6)13-17-11-16(12-33-17)29-15-28-18-19(25)26-14-27-20(18)29/h14-17H,7-13H2,1-6H3,(H2,25,26,27)/t16-,17-/m1/s1. The molecule has 3 rings (SSSR count). The highest BCUT2D eigenvalue weighted by Crippen LogP contribution is 2.51. The molecule has 0 saturated carbocycles. The molecule has 1 aliphatic heterocycles. The lowest BCUT2D eigenvalue weighted by Crippen LogP contribution is -2.19. The van der Waals surface area contributed by atoms with Crippen LogP contribution in [0.25, 0.3) is 11.2 Å². The Morgan fingerprint density at radius 3 is 2.18 bits per heavy atom. The molecule has 0 amide bonds. The number of carbonyl (C=O) groups excluding carboxylic acids is 2. The van der Waals surface area contributed by atoms with Crippen molar-refractivity contribution in [2.24, 2.45) is 10.8 Å². The van der Waals surface area contributed by atoms with Gasteiger partial charge >= 0.3 is 7.60 Å². The molecule has 14 heteroatoms. The summed E-state index contributed by atoms with van der Waals surface area (Å²) in [6.07, 6.45) is 3.29. The first-order valence-corrected chi connectivity index (χ1v) is 16.2. The Labute approximate surface area is 232 Å². The first-order chi connectivity index (χ1) is 17.7. The van der Waals surface area contributed by atoms with Crippen molar-refractivity contribution >= 4 is 58.3 Å². The second-order valence-corrected chi connectivity index (χ2v) is 15.4. The number of carbonyl (C=O) groups is 2. The van der Waals surface area contributed by atoms with Crippen molar-refractivity contribution in [3.63, 3.8) is 0 Å². The van der Waals surface area contributed by atoms with E-state index in [-0.39, 0.29) is 41.8 Å². The zero-order chi connectivity index (χ0) is 28.1. The number of nitrogen functional groups attached to an aromatic ring is 1. The van der Waals surface area contributed by atoms with Gasteiger partial charge in [0.1, 0.15) is 11.8 Å². The molecule has 2 N–H and O–H groups in total. The quantitative estimate of drug-likeness (QED) is 0.290. The van der Waals surface area contributed by atoms with Crippen molar-refractivity contribution < 1.29 is 27.9 Å². The van der Waals surface area contributed by atoms with E-state index in [1.165, 1.54) is 6.33 Å². The van der Waals surface area contributed by atoms with Crippen LogP contribution in [-0.4, -0.2) is 73.3 Å². The highest BCUT2D eigenvalue weighted by Gasteiger charge is 2.36. The molecule has 11 nitrogen and oxygen atoms in total. The zero-order valence-electron chi connectivity index (χ0n) is 22.8. The molecule has 2 atom stereocenters. The first-order valence-electron chi connectivity index (χ1n) is 12.5. The number of rotatable bonds is 11. The molecule has 38 heavy (non-hydrogen) atoms. The Bertz CT molecular complexity index is 1140. The minimum absolute atomic E-state index is 0.0351. The number of aromatic nitrogens is 4. The third-order valence-corrected chi connectivity index (χ3v) is 10.2. The lowest BCUT2D eigenvalue weighted by atomic mass is 9.99. The van der Waals surface area contributed by atoms with Crippen molar-refractivity contribution in [1.29, 1.82) is 0 Å². The molecule has 0 aliphatic carbocycles. The van der Waals surface area contributed by atoms with Gasteiger partial charge in [0.2, 0.25) is 0 Å². The molecular weight excluding hydrogens is 549 g/mol. The van der Waals surface area contributed by atoms with Crippen molar-refractivity contribution in [3.8, 4) is 0 Å². The Morgan fingerprint density at radius 2 is 1.63 bits per heavy atom. The van der Waals surface area contributed by atoms with Crippen molar-refractivity contribution in [2.45, 2.75) is 60.1 Å². The average Bonchev–Trinajstić information content (AvgIpc) is 3.45. The van der Waals surface area contributed by atoms with Crippen LogP contribution in [0.3, 0.4) is 0 Å². The summed E-state index contributed by atoms with van der Waals surface area (Å²) in [4.78, 5) is 37.0. The van der Waals surface area contributed by atoms with Gasteiger partial charge in [0.05, 0.1) is 44.5 Å². The monoisotopic (exact) mass is 587 g/mol. The summed E-state index contributed by atoms with van der Waals surface area (Å²) in [5, 5.41) is 0.0702. The number of ether oxygens (including phenoxy) is 1. The van der Waals surface area contributed by atoms with Gasteiger partial charge in [-0.1, -0.05) is 65.1 Å². The Kier molecular flexibility index (Phi) is 10.4. The van der Waals surface area contributed by atoms with Crippen LogP contribution in [-0.2, 0) is 27.9 Å². The fourth-order valence-corrected chi connectivity index (χ4v) is 7.19. The second kappa shape index (κ2) is 12.8. The van der Waals surface area contributed by atoms with E-state index in [0.717, 1.165) is 23.5 Å². The number of nitrogens with zero attached hydrogens (tertiary/aromatic N) is 4. The Hall–Kier alpha value is -1.50. The van der Waals surface area contributed by atoms with Crippen LogP contribution in [0.2, 0.25) is 0 Å². The van der Waals surface area contributed by atoms with Crippen LogP contribution >= 0.6 is 31.1 Å². The first kappa shape index (κ1) is 31.0. The maximum Gasteiger partial charge on any atom is 0.333 e. The number of anilines is 1. The van der Waals surface area contributed by atoms with E-state index in [9.17, 15) is 14.2 Å². The number of nitrogens with two attached hydrogens (primary N) is 1. The van der Waals surface area contributed by atoms with Gasteiger partial charge in [-0.3, -0.25) is 14.2 Å². The van der Waals surface area contributed by atoms with E-state index in [4.69, 9.17) is 19.5 Å². The van der Waals surface area contributed by atoms with Gasteiger partial charge in [0, 0.05) is 22.3 Å². The van der Waals surface area contributed by atoms with E-state index >= 15 is 0 Å². The van der Waals surface area contributed by atoms with Gasteiger partial charge in [-0.05, 0) is 6.42 Å². The summed E-state index contributed by atoms with van der Waals surface area (Å²) in [6, 6.07) is -0.0762. The van der Waals surface area contributed by atoms with Crippen LogP contribution in [0.1, 0.15) is 54.0 Å². The lowest BCUT2D eigenvalue weighted by Gasteiger charge is -2.22. The smallest absolute Gasteiger partial charge is 0.333 e. The van der Waals surface area contributed by atoms with Gasteiger partial charge in [-0.15, -0.1) is 0 Å². The molecule has 0 spiro atoms. The maximum absolute atomic E-state index is 13.7. The van der Waals surface area contributed by atoms with Crippen LogP contribution in [0.15, 0.2) is 12.7 Å². The summed E-state index contributed by atoms with van der Waals surface area (Å²) in [5.74, 6) is 1.02. The zero-order valence-corrected chi connectivity index (χ0v) is 25.4. The largest absolute Gasteiger partial charge is 0.382 e. The van der Waals surface area contributed by atoms with Crippen molar-refractivity contribution in [3.05, 3.63) is 12.7 Å². The van der Waals surface area contributed by atoms with Crippen molar-refractivity contribution in [1.82, 2.24) is 19.5 Å². The van der Waals surface area contributed by atoms with E-state index in [1.807, 2.05) is 46.1 Å². The highest BCUT2D eigenvalue weighted by molar-refractivity contribution is 8.14. The number of fused-ring (bicyclic) bond motifs is 1. The maximum atomic E-state index is 13.7. The molecule has 2 aromatic rings. The minimum atomic E-state index is -3.57. The van der Waals surface area contributed by atoms with Gasteiger partial charge in [-0.25, -0.2) is 15.0 Å². The van der Waals surface area contributed by atoms with Crippen LogP contribution in [0.4, 0.5) is 5.82 Å². The van der Waals surface area contributed by atoms with Gasteiger partial charge < -0.3 is 24.1 Å². The summed E-state index contributed by atoms with van der Waals surface area (Å²) >= 11 is 2.30. The van der Waals surface area contributed by atoms with E-state index in [1.54, 1.807) is 6.33 Å². The SMILES string of the molecule is CC(C)(C)C(=O)SCCOP(=O)(C[C@H]1C[C@@H](n2cnc3c(N)ncnc32)CO1)OCCSC(=O)C(C)(C)C. The molecular formula is C24H38N5O6PS2.